The van der Waals surface area contributed by atoms with Crippen LogP contribution in [-0.2, 0) is 5.75 Å². The Morgan fingerprint density at radius 1 is 1.04 bits per heavy atom. The summed E-state index contributed by atoms with van der Waals surface area (Å²) in [5.41, 5.74) is 0. The van der Waals surface area contributed by atoms with Gasteiger partial charge in [0.1, 0.15) is 18.3 Å². The van der Waals surface area contributed by atoms with E-state index < -0.39 is 0 Å². The monoisotopic (exact) mass is 332 g/mol. The molecule has 0 unspecified atom stereocenters. The Bertz CT molecular complexity index is 603. The van der Waals surface area contributed by atoms with E-state index in [0.717, 1.165) is 43.6 Å². The van der Waals surface area contributed by atoms with Gasteiger partial charge in [0.15, 0.2) is 0 Å². The van der Waals surface area contributed by atoms with Gasteiger partial charge < -0.3 is 4.90 Å². The Balaban J connectivity index is 1.57. The summed E-state index contributed by atoms with van der Waals surface area (Å²) >= 11 is 1.74. The number of nitrogens with zero attached hydrogens (tertiary/aromatic N) is 4. The molecule has 23 heavy (non-hydrogen) atoms. The molecule has 0 saturated carbocycles. The first-order valence-corrected chi connectivity index (χ1v) is 8.87. The van der Waals surface area contributed by atoms with Crippen LogP contribution in [0.25, 0.3) is 0 Å². The fraction of sp³-hybridized carbons (Fsp3) is 0.412. The van der Waals surface area contributed by atoms with Crippen molar-refractivity contribution in [1.82, 2.24) is 14.9 Å². The third-order valence-electron chi connectivity index (χ3n) is 3.90. The third-order valence-corrected chi connectivity index (χ3v) is 4.91. The number of benzene rings is 1. The first-order valence-electron chi connectivity index (χ1n) is 7.88. The first-order chi connectivity index (χ1) is 11.3. The molecule has 1 aliphatic rings. The van der Waals surface area contributed by atoms with Crippen LogP contribution in [0.3, 0.4) is 0 Å². The van der Waals surface area contributed by atoms with Gasteiger partial charge in [0.05, 0.1) is 5.75 Å². The standard InChI is InChI=1S/C17H21FN4S/c18-7-9-21-10-12-22(13-11-21)17-6-8-19-16(20-17)14-23-15-4-2-1-3-5-15/h1-6,8H,7,9-14H2. The van der Waals surface area contributed by atoms with Crippen LogP contribution in [0.2, 0.25) is 0 Å². The van der Waals surface area contributed by atoms with Crippen LogP contribution in [0.1, 0.15) is 5.82 Å². The Morgan fingerprint density at radius 2 is 1.83 bits per heavy atom. The van der Waals surface area contributed by atoms with Crippen molar-refractivity contribution in [2.45, 2.75) is 10.6 Å². The summed E-state index contributed by atoms with van der Waals surface area (Å²) in [6.45, 7) is 3.83. The zero-order valence-corrected chi connectivity index (χ0v) is 13.9. The highest BCUT2D eigenvalue weighted by Gasteiger charge is 2.18. The number of rotatable bonds is 6. The molecular weight excluding hydrogens is 311 g/mol. The van der Waals surface area contributed by atoms with Crippen LogP contribution in [-0.4, -0.2) is 54.3 Å². The molecule has 122 valence electrons. The van der Waals surface area contributed by atoms with Crippen LogP contribution in [0.4, 0.5) is 10.2 Å². The van der Waals surface area contributed by atoms with Crippen molar-refractivity contribution in [3.63, 3.8) is 0 Å². The molecule has 0 N–H and O–H groups in total. The number of hydrogen-bond donors (Lipinski definition) is 0. The van der Waals surface area contributed by atoms with Gasteiger partial charge in [0.25, 0.3) is 0 Å². The summed E-state index contributed by atoms with van der Waals surface area (Å²) in [4.78, 5) is 14.7. The van der Waals surface area contributed by atoms with Gasteiger partial charge in [-0.25, -0.2) is 14.4 Å². The minimum Gasteiger partial charge on any atom is -0.354 e. The van der Waals surface area contributed by atoms with Crippen LogP contribution in [0, 0.1) is 0 Å². The normalized spacial score (nSPS) is 15.8. The fourth-order valence-corrected chi connectivity index (χ4v) is 3.40. The van der Waals surface area contributed by atoms with Crippen molar-refractivity contribution in [1.29, 1.82) is 0 Å². The zero-order chi connectivity index (χ0) is 15.9. The molecule has 1 fully saturated rings. The van der Waals surface area contributed by atoms with E-state index in [1.54, 1.807) is 11.8 Å². The van der Waals surface area contributed by atoms with Gasteiger partial charge in [0, 0.05) is 43.8 Å². The molecule has 2 aromatic rings. The third kappa shape index (κ3) is 4.65. The number of aromatic nitrogens is 2. The zero-order valence-electron chi connectivity index (χ0n) is 13.1. The average molecular weight is 332 g/mol. The summed E-state index contributed by atoms with van der Waals surface area (Å²) < 4.78 is 12.4. The summed E-state index contributed by atoms with van der Waals surface area (Å²) in [7, 11) is 0. The molecule has 1 aliphatic heterocycles. The van der Waals surface area contributed by atoms with Crippen molar-refractivity contribution in [2.75, 3.05) is 44.3 Å². The van der Waals surface area contributed by atoms with Gasteiger partial charge in [-0.2, -0.15) is 0 Å². The lowest BCUT2D eigenvalue weighted by atomic mass is 10.3. The lowest BCUT2D eigenvalue weighted by Gasteiger charge is -2.34. The second-order valence-corrected chi connectivity index (χ2v) is 6.50. The van der Waals surface area contributed by atoms with E-state index in [1.807, 2.05) is 30.5 Å². The second kappa shape index (κ2) is 8.26. The van der Waals surface area contributed by atoms with Gasteiger partial charge in [0.2, 0.25) is 0 Å². The minimum absolute atomic E-state index is 0.269. The van der Waals surface area contributed by atoms with E-state index >= 15 is 0 Å². The van der Waals surface area contributed by atoms with E-state index in [9.17, 15) is 4.39 Å². The molecule has 0 radical (unpaired) electrons. The van der Waals surface area contributed by atoms with Gasteiger partial charge >= 0.3 is 0 Å². The van der Waals surface area contributed by atoms with Crippen LogP contribution in [0.5, 0.6) is 0 Å². The lowest BCUT2D eigenvalue weighted by Crippen LogP contribution is -2.47. The van der Waals surface area contributed by atoms with Crippen molar-refractivity contribution >= 4 is 17.6 Å². The topological polar surface area (TPSA) is 32.3 Å². The summed E-state index contributed by atoms with van der Waals surface area (Å²) in [5, 5.41) is 0. The minimum atomic E-state index is -0.269. The molecule has 4 nitrogen and oxygen atoms in total. The molecule has 3 rings (SSSR count). The molecule has 0 bridgehead atoms. The Morgan fingerprint density at radius 3 is 2.57 bits per heavy atom. The molecular formula is C17H21FN4S. The summed E-state index contributed by atoms with van der Waals surface area (Å²) in [5.74, 6) is 2.59. The van der Waals surface area contributed by atoms with E-state index in [1.165, 1.54) is 4.90 Å². The van der Waals surface area contributed by atoms with Crippen LogP contribution >= 0.6 is 11.8 Å². The maximum absolute atomic E-state index is 12.4. The molecule has 2 heterocycles. The van der Waals surface area contributed by atoms with E-state index in [2.05, 4.69) is 31.9 Å². The number of piperazine rings is 1. The maximum Gasteiger partial charge on any atom is 0.140 e. The van der Waals surface area contributed by atoms with Crippen molar-refractivity contribution in [3.05, 3.63) is 48.4 Å². The van der Waals surface area contributed by atoms with Gasteiger partial charge in [-0.1, -0.05) is 18.2 Å². The van der Waals surface area contributed by atoms with Crippen molar-refractivity contribution in [2.24, 2.45) is 0 Å². The van der Waals surface area contributed by atoms with Crippen molar-refractivity contribution < 1.29 is 4.39 Å². The highest BCUT2D eigenvalue weighted by molar-refractivity contribution is 7.98. The van der Waals surface area contributed by atoms with Crippen LogP contribution in [0.15, 0.2) is 47.5 Å². The Kier molecular flexibility index (Phi) is 5.82. The number of thioether (sulfide) groups is 1. The van der Waals surface area contributed by atoms with E-state index in [4.69, 9.17) is 0 Å². The fourth-order valence-electron chi connectivity index (χ4n) is 2.62. The SMILES string of the molecule is FCCN1CCN(c2ccnc(CSc3ccccc3)n2)CC1. The molecule has 0 amide bonds. The van der Waals surface area contributed by atoms with Crippen molar-refractivity contribution in [3.8, 4) is 0 Å². The summed E-state index contributed by atoms with van der Waals surface area (Å²) in [6.07, 6.45) is 1.83. The van der Waals surface area contributed by atoms with E-state index in [-0.39, 0.29) is 6.67 Å². The molecule has 0 atom stereocenters. The quantitative estimate of drug-likeness (QED) is 0.760. The van der Waals surface area contributed by atoms with Crippen LogP contribution < -0.4 is 4.90 Å². The maximum atomic E-state index is 12.4. The molecule has 1 aromatic carbocycles. The largest absolute Gasteiger partial charge is 0.354 e. The Labute approximate surface area is 140 Å². The Hall–Kier alpha value is -1.66. The van der Waals surface area contributed by atoms with Gasteiger partial charge in [-0.3, -0.25) is 4.90 Å². The lowest BCUT2D eigenvalue weighted by molar-refractivity contribution is 0.235. The van der Waals surface area contributed by atoms with Gasteiger partial charge in [-0.05, 0) is 18.2 Å². The molecule has 1 aromatic heterocycles. The number of halogens is 1. The number of hydrogen-bond acceptors (Lipinski definition) is 5. The molecule has 6 heteroatoms. The smallest absolute Gasteiger partial charge is 0.140 e. The highest BCUT2D eigenvalue weighted by atomic mass is 32.2. The average Bonchev–Trinajstić information content (AvgIpc) is 2.62. The predicted molar refractivity (Wildman–Crippen MR) is 92.7 cm³/mol. The molecule has 0 aliphatic carbocycles. The number of alkyl halides is 1. The van der Waals surface area contributed by atoms with Gasteiger partial charge in [-0.15, -0.1) is 11.8 Å². The molecule has 0 spiro atoms. The second-order valence-electron chi connectivity index (χ2n) is 5.45. The summed E-state index contributed by atoms with van der Waals surface area (Å²) in [6, 6.07) is 12.2. The first kappa shape index (κ1) is 16.2. The predicted octanol–water partition coefficient (Wildman–Crippen LogP) is 2.86. The highest BCUT2D eigenvalue weighted by Crippen LogP contribution is 2.21. The molecule has 1 saturated heterocycles. The van der Waals surface area contributed by atoms with E-state index in [0.29, 0.717) is 6.54 Å². The number of anilines is 1.